The van der Waals surface area contributed by atoms with Gasteiger partial charge in [-0.15, -0.1) is 0 Å². The first-order valence-electron chi connectivity index (χ1n) is 6.87. The van der Waals surface area contributed by atoms with Crippen LogP contribution in [0.15, 0.2) is 11.6 Å². The zero-order valence-electron chi connectivity index (χ0n) is 10.6. The third-order valence-corrected chi connectivity index (χ3v) is 5.37. The largest absolute Gasteiger partial charge is 0.295 e. The Kier molecular flexibility index (Phi) is 2.41. The van der Waals surface area contributed by atoms with Gasteiger partial charge in [0.25, 0.3) is 0 Å². The third kappa shape index (κ3) is 1.46. The number of hydrogen-bond donors (Lipinski definition) is 2. The van der Waals surface area contributed by atoms with Crippen LogP contribution in [0.4, 0.5) is 0 Å². The molecule has 16 heavy (non-hydrogen) atoms. The fourth-order valence-corrected chi connectivity index (χ4v) is 3.90. The van der Waals surface area contributed by atoms with Gasteiger partial charge in [-0.25, -0.2) is 0 Å². The van der Waals surface area contributed by atoms with Crippen molar-refractivity contribution < 1.29 is 0 Å². The van der Waals surface area contributed by atoms with E-state index in [1.165, 1.54) is 32.1 Å². The molecule has 2 nitrogen and oxygen atoms in total. The minimum atomic E-state index is 0.159. The van der Waals surface area contributed by atoms with Gasteiger partial charge in [-0.05, 0) is 43.4 Å². The summed E-state index contributed by atoms with van der Waals surface area (Å²) in [6.07, 6.45) is 9.28. The van der Waals surface area contributed by atoms with Crippen molar-refractivity contribution in [3.8, 4) is 0 Å². The fourth-order valence-electron chi connectivity index (χ4n) is 3.90. The first-order valence-corrected chi connectivity index (χ1v) is 6.87. The molecule has 0 unspecified atom stereocenters. The van der Waals surface area contributed by atoms with Gasteiger partial charge in [0.05, 0.1) is 5.66 Å². The van der Waals surface area contributed by atoms with Crippen molar-refractivity contribution in [1.82, 2.24) is 10.6 Å². The molecule has 2 aliphatic carbocycles. The van der Waals surface area contributed by atoms with Gasteiger partial charge in [-0.3, -0.25) is 10.6 Å². The zero-order valence-corrected chi connectivity index (χ0v) is 10.6. The molecule has 1 aliphatic heterocycles. The Labute approximate surface area is 98.9 Å². The van der Waals surface area contributed by atoms with Crippen molar-refractivity contribution in [2.45, 2.75) is 51.6 Å². The molecule has 1 heterocycles. The molecule has 1 spiro atoms. The van der Waals surface area contributed by atoms with Crippen LogP contribution in [0.1, 0.15) is 46.0 Å². The maximum Gasteiger partial charge on any atom is 0.0882 e. The molecule has 1 saturated heterocycles. The predicted octanol–water partition coefficient (Wildman–Crippen LogP) is 2.42. The highest BCUT2D eigenvalue weighted by molar-refractivity contribution is 5.27. The Morgan fingerprint density at radius 3 is 2.75 bits per heavy atom. The van der Waals surface area contributed by atoms with E-state index in [0.717, 1.165) is 19.0 Å². The van der Waals surface area contributed by atoms with Crippen LogP contribution >= 0.6 is 0 Å². The van der Waals surface area contributed by atoms with Gasteiger partial charge in [0.15, 0.2) is 0 Å². The molecule has 3 rings (SSSR count). The van der Waals surface area contributed by atoms with E-state index in [1.54, 1.807) is 5.57 Å². The average Bonchev–Trinajstić information content (AvgIpc) is 2.71. The number of hydrogen-bond acceptors (Lipinski definition) is 2. The Hall–Kier alpha value is -0.340. The molecular formula is C14H24N2. The van der Waals surface area contributed by atoms with Crippen LogP contribution in [0.2, 0.25) is 0 Å². The smallest absolute Gasteiger partial charge is 0.0882 e. The maximum absolute atomic E-state index is 3.65. The number of allylic oxidation sites excluding steroid dienone is 1. The standard InChI is InChI=1S/C14H24N2/c1-11-4-3-5-12-10-14(15-8-9-16-14)7-6-13(11,12)2/h10-11,15-16H,3-9H2,1-2H3/t11-,13+/m0/s1. The summed E-state index contributed by atoms with van der Waals surface area (Å²) in [5.41, 5.74) is 2.38. The number of nitrogens with one attached hydrogen (secondary N) is 2. The van der Waals surface area contributed by atoms with Crippen molar-refractivity contribution >= 4 is 0 Å². The van der Waals surface area contributed by atoms with Gasteiger partial charge in [0.1, 0.15) is 0 Å². The second-order valence-electron chi connectivity index (χ2n) is 6.21. The number of rotatable bonds is 0. The Balaban J connectivity index is 1.93. The van der Waals surface area contributed by atoms with Crippen LogP contribution in [0.3, 0.4) is 0 Å². The van der Waals surface area contributed by atoms with E-state index >= 15 is 0 Å². The van der Waals surface area contributed by atoms with Gasteiger partial charge in [0, 0.05) is 13.1 Å². The van der Waals surface area contributed by atoms with Crippen molar-refractivity contribution in [3.63, 3.8) is 0 Å². The van der Waals surface area contributed by atoms with E-state index in [9.17, 15) is 0 Å². The summed E-state index contributed by atoms with van der Waals surface area (Å²) in [5, 5.41) is 7.30. The van der Waals surface area contributed by atoms with E-state index in [1.807, 2.05) is 0 Å². The van der Waals surface area contributed by atoms with Crippen LogP contribution in [-0.2, 0) is 0 Å². The van der Waals surface area contributed by atoms with Gasteiger partial charge in [-0.1, -0.05) is 25.5 Å². The van der Waals surface area contributed by atoms with Crippen LogP contribution < -0.4 is 10.6 Å². The van der Waals surface area contributed by atoms with E-state index in [2.05, 4.69) is 30.6 Å². The lowest BCUT2D eigenvalue weighted by Crippen LogP contribution is -2.52. The summed E-state index contributed by atoms with van der Waals surface area (Å²) < 4.78 is 0. The van der Waals surface area contributed by atoms with E-state index in [-0.39, 0.29) is 5.66 Å². The van der Waals surface area contributed by atoms with Gasteiger partial charge in [-0.2, -0.15) is 0 Å². The molecule has 0 radical (unpaired) electrons. The SMILES string of the molecule is C[C@H]1CCCC2=CC3(CC[C@@]21C)NCCN3. The Morgan fingerprint density at radius 2 is 2.00 bits per heavy atom. The molecule has 1 saturated carbocycles. The highest BCUT2D eigenvalue weighted by Crippen LogP contribution is 2.51. The first kappa shape index (κ1) is 10.8. The molecule has 0 amide bonds. The molecule has 2 heteroatoms. The van der Waals surface area contributed by atoms with Crippen LogP contribution in [0.5, 0.6) is 0 Å². The lowest BCUT2D eigenvalue weighted by Gasteiger charge is -2.49. The minimum absolute atomic E-state index is 0.159. The summed E-state index contributed by atoms with van der Waals surface area (Å²) in [6.45, 7) is 7.18. The second kappa shape index (κ2) is 3.58. The van der Waals surface area contributed by atoms with Gasteiger partial charge < -0.3 is 0 Å². The second-order valence-corrected chi connectivity index (χ2v) is 6.21. The highest BCUT2D eigenvalue weighted by Gasteiger charge is 2.45. The summed E-state index contributed by atoms with van der Waals surface area (Å²) in [5.74, 6) is 0.867. The Morgan fingerprint density at radius 1 is 1.25 bits per heavy atom. The monoisotopic (exact) mass is 220 g/mol. The molecule has 2 fully saturated rings. The third-order valence-electron chi connectivity index (χ3n) is 5.37. The van der Waals surface area contributed by atoms with E-state index < -0.39 is 0 Å². The Bertz CT molecular complexity index is 315. The molecule has 0 bridgehead atoms. The summed E-state index contributed by atoms with van der Waals surface area (Å²) in [4.78, 5) is 0. The van der Waals surface area contributed by atoms with Gasteiger partial charge >= 0.3 is 0 Å². The molecule has 0 aromatic heterocycles. The summed E-state index contributed by atoms with van der Waals surface area (Å²) in [6, 6.07) is 0. The fraction of sp³-hybridized carbons (Fsp3) is 0.857. The topological polar surface area (TPSA) is 24.1 Å². The quantitative estimate of drug-likeness (QED) is 0.613. The summed E-state index contributed by atoms with van der Waals surface area (Å²) in [7, 11) is 0. The normalized spacial score (nSPS) is 41.9. The zero-order chi connectivity index (χ0) is 11.2. The molecule has 0 aromatic rings. The van der Waals surface area contributed by atoms with Crippen molar-refractivity contribution in [2.75, 3.05) is 13.1 Å². The molecule has 3 aliphatic rings. The van der Waals surface area contributed by atoms with Crippen LogP contribution in [0, 0.1) is 11.3 Å². The highest BCUT2D eigenvalue weighted by atomic mass is 15.2. The molecule has 2 atom stereocenters. The van der Waals surface area contributed by atoms with Crippen molar-refractivity contribution in [1.29, 1.82) is 0 Å². The van der Waals surface area contributed by atoms with Crippen molar-refractivity contribution in [3.05, 3.63) is 11.6 Å². The van der Waals surface area contributed by atoms with Gasteiger partial charge in [0.2, 0.25) is 0 Å². The van der Waals surface area contributed by atoms with E-state index in [0.29, 0.717) is 5.41 Å². The lowest BCUT2D eigenvalue weighted by atomic mass is 9.59. The van der Waals surface area contributed by atoms with Crippen LogP contribution in [-0.4, -0.2) is 18.8 Å². The molecule has 0 aromatic carbocycles. The molecular weight excluding hydrogens is 196 g/mol. The predicted molar refractivity (Wildman–Crippen MR) is 67.2 cm³/mol. The maximum atomic E-state index is 3.65. The first-order chi connectivity index (χ1) is 7.65. The molecule has 2 N–H and O–H groups in total. The van der Waals surface area contributed by atoms with Crippen LogP contribution in [0.25, 0.3) is 0 Å². The van der Waals surface area contributed by atoms with Crippen molar-refractivity contribution in [2.24, 2.45) is 11.3 Å². The number of fused-ring (bicyclic) bond motifs is 1. The summed E-state index contributed by atoms with van der Waals surface area (Å²) >= 11 is 0. The lowest BCUT2D eigenvalue weighted by molar-refractivity contribution is 0.144. The minimum Gasteiger partial charge on any atom is -0.295 e. The van der Waals surface area contributed by atoms with E-state index in [4.69, 9.17) is 0 Å². The molecule has 90 valence electrons. The average molecular weight is 220 g/mol.